The number of carbonyl (C=O) groups excluding carboxylic acids is 1. The second-order valence-corrected chi connectivity index (χ2v) is 10.6. The van der Waals surface area contributed by atoms with Crippen LogP contribution in [0.5, 0.6) is 0 Å². The fourth-order valence-corrected chi connectivity index (χ4v) is 6.13. The van der Waals surface area contributed by atoms with Crippen molar-refractivity contribution < 1.29 is 17.9 Å². The van der Waals surface area contributed by atoms with Crippen LogP contribution < -0.4 is 0 Å². The minimum absolute atomic E-state index is 0.0124. The van der Waals surface area contributed by atoms with Crippen molar-refractivity contribution in [3.8, 4) is 0 Å². The van der Waals surface area contributed by atoms with Gasteiger partial charge in [-0.15, -0.1) is 11.3 Å². The molecule has 3 aromatic rings. The molecule has 2 aromatic carbocycles. The molecule has 158 valence electrons. The molecule has 8 heteroatoms. The molecule has 1 heterocycles. The van der Waals surface area contributed by atoms with Crippen LogP contribution in [0.3, 0.4) is 0 Å². The topological polar surface area (TPSA) is 76.6 Å². The number of sulfonamides is 1. The van der Waals surface area contributed by atoms with Gasteiger partial charge in [-0.3, -0.25) is 0 Å². The summed E-state index contributed by atoms with van der Waals surface area (Å²) in [6, 6.07) is 13.8. The molecule has 0 spiro atoms. The van der Waals surface area contributed by atoms with Crippen molar-refractivity contribution in [2.45, 2.75) is 49.6 Å². The molecule has 6 nitrogen and oxygen atoms in total. The van der Waals surface area contributed by atoms with Crippen LogP contribution in [0.15, 0.2) is 53.4 Å². The van der Waals surface area contributed by atoms with E-state index in [1.165, 1.54) is 27.8 Å². The molecule has 30 heavy (non-hydrogen) atoms. The lowest BCUT2D eigenvalue weighted by molar-refractivity contribution is 0.0472. The summed E-state index contributed by atoms with van der Waals surface area (Å²) in [6.45, 7) is 0.0527. The average Bonchev–Trinajstić information content (AvgIpc) is 3.20. The highest BCUT2D eigenvalue weighted by Crippen LogP contribution is 2.27. The van der Waals surface area contributed by atoms with E-state index < -0.39 is 16.0 Å². The Morgan fingerprint density at radius 1 is 1.13 bits per heavy atom. The first-order chi connectivity index (χ1) is 14.4. The van der Waals surface area contributed by atoms with Gasteiger partial charge in [-0.2, -0.15) is 4.31 Å². The molecule has 1 aliphatic carbocycles. The van der Waals surface area contributed by atoms with E-state index in [1.807, 2.05) is 24.3 Å². The van der Waals surface area contributed by atoms with E-state index in [0.717, 1.165) is 42.3 Å². The summed E-state index contributed by atoms with van der Waals surface area (Å²) in [6.07, 6.45) is 4.99. The van der Waals surface area contributed by atoms with Crippen molar-refractivity contribution in [3.63, 3.8) is 0 Å². The maximum atomic E-state index is 13.1. The number of rotatable bonds is 6. The van der Waals surface area contributed by atoms with Crippen molar-refractivity contribution in [2.24, 2.45) is 0 Å². The number of fused-ring (bicyclic) bond motifs is 1. The monoisotopic (exact) mass is 444 g/mol. The normalized spacial score (nSPS) is 15.5. The molecule has 0 N–H and O–H groups in total. The van der Waals surface area contributed by atoms with E-state index in [0.29, 0.717) is 5.01 Å². The lowest BCUT2D eigenvalue weighted by atomic mass is 9.96. The van der Waals surface area contributed by atoms with Crippen LogP contribution in [-0.4, -0.2) is 36.8 Å². The third-order valence-electron chi connectivity index (χ3n) is 5.50. The lowest BCUT2D eigenvalue weighted by Gasteiger charge is -2.30. The number of nitrogens with zero attached hydrogens (tertiary/aromatic N) is 2. The van der Waals surface area contributed by atoms with Gasteiger partial charge < -0.3 is 4.74 Å². The molecule has 1 fully saturated rings. The minimum atomic E-state index is -3.66. The van der Waals surface area contributed by atoms with E-state index in [9.17, 15) is 13.2 Å². The van der Waals surface area contributed by atoms with E-state index in [4.69, 9.17) is 4.74 Å². The van der Waals surface area contributed by atoms with Crippen molar-refractivity contribution in [1.82, 2.24) is 9.29 Å². The first kappa shape index (κ1) is 21.0. The highest BCUT2D eigenvalue weighted by molar-refractivity contribution is 7.89. The molecule has 0 saturated heterocycles. The van der Waals surface area contributed by atoms with E-state index in [2.05, 4.69) is 4.98 Å². The summed E-state index contributed by atoms with van der Waals surface area (Å²) >= 11 is 1.47. The molecule has 0 unspecified atom stereocenters. The van der Waals surface area contributed by atoms with Gasteiger partial charge in [-0.05, 0) is 43.2 Å². The lowest BCUT2D eigenvalue weighted by Crippen LogP contribution is -2.38. The Morgan fingerprint density at radius 2 is 1.90 bits per heavy atom. The van der Waals surface area contributed by atoms with Crippen LogP contribution in [0.25, 0.3) is 10.2 Å². The SMILES string of the molecule is CN(C1CCCCC1)S(=O)(=O)c1cccc(C(=O)OCc2nc3ccccc3s2)c1. The third kappa shape index (κ3) is 4.40. The molecule has 0 amide bonds. The second-order valence-electron chi connectivity index (χ2n) is 7.49. The first-order valence-corrected chi connectivity index (χ1v) is 12.3. The van der Waals surface area contributed by atoms with Gasteiger partial charge in [0.1, 0.15) is 11.6 Å². The Balaban J connectivity index is 1.47. The molecule has 4 rings (SSSR count). The van der Waals surface area contributed by atoms with Gasteiger partial charge >= 0.3 is 5.97 Å². The standard InChI is InChI=1S/C22H24N2O4S2/c1-24(17-9-3-2-4-10-17)30(26,27)18-11-7-8-16(14-18)22(25)28-15-21-23-19-12-5-6-13-20(19)29-21/h5-8,11-14,17H,2-4,9-10,15H2,1H3. The van der Waals surface area contributed by atoms with Gasteiger partial charge in [0.05, 0.1) is 20.7 Å². The Hall–Kier alpha value is -2.29. The molecule has 0 aliphatic heterocycles. The number of thiazole rings is 1. The minimum Gasteiger partial charge on any atom is -0.455 e. The van der Waals surface area contributed by atoms with Gasteiger partial charge in [0.2, 0.25) is 10.0 Å². The molecule has 1 aliphatic rings. The van der Waals surface area contributed by atoms with Gasteiger partial charge in [0.15, 0.2) is 0 Å². The zero-order chi connectivity index (χ0) is 21.1. The predicted octanol–water partition coefficient (Wildman–Crippen LogP) is 4.61. The number of esters is 1. The highest BCUT2D eigenvalue weighted by Gasteiger charge is 2.29. The smallest absolute Gasteiger partial charge is 0.338 e. The number of hydrogen-bond acceptors (Lipinski definition) is 6. The maximum absolute atomic E-state index is 13.1. The summed E-state index contributed by atoms with van der Waals surface area (Å²) in [5.74, 6) is -0.563. The molecule has 0 radical (unpaired) electrons. The molecular weight excluding hydrogens is 420 g/mol. The Labute approximate surface area is 180 Å². The van der Waals surface area contributed by atoms with Crippen LogP contribution in [0.4, 0.5) is 0 Å². The van der Waals surface area contributed by atoms with Gasteiger partial charge in [-0.1, -0.05) is 37.5 Å². The van der Waals surface area contributed by atoms with Gasteiger partial charge in [0, 0.05) is 13.1 Å². The summed E-state index contributed by atoms with van der Waals surface area (Å²) in [5, 5.41) is 0.699. The number of aromatic nitrogens is 1. The van der Waals surface area contributed by atoms with Crippen molar-refractivity contribution in [3.05, 3.63) is 59.1 Å². The molecule has 1 saturated carbocycles. The van der Waals surface area contributed by atoms with Crippen LogP contribution in [0.1, 0.15) is 47.5 Å². The average molecular weight is 445 g/mol. The van der Waals surface area contributed by atoms with Crippen LogP contribution >= 0.6 is 11.3 Å². The predicted molar refractivity (Wildman–Crippen MR) is 117 cm³/mol. The number of hydrogen-bond donors (Lipinski definition) is 0. The highest BCUT2D eigenvalue weighted by atomic mass is 32.2. The first-order valence-electron chi connectivity index (χ1n) is 10.0. The largest absolute Gasteiger partial charge is 0.455 e. The van der Waals surface area contributed by atoms with Gasteiger partial charge in [0.25, 0.3) is 0 Å². The molecule has 0 bridgehead atoms. The van der Waals surface area contributed by atoms with E-state index in [1.54, 1.807) is 19.2 Å². The Kier molecular flexibility index (Phi) is 6.17. The summed E-state index contributed by atoms with van der Waals surface area (Å²) in [7, 11) is -2.04. The van der Waals surface area contributed by atoms with Gasteiger partial charge in [-0.25, -0.2) is 18.2 Å². The molecule has 0 atom stereocenters. The number of para-hydroxylation sites is 1. The summed E-state index contributed by atoms with van der Waals surface area (Å²) < 4.78 is 34.0. The van der Waals surface area contributed by atoms with Crippen molar-refractivity contribution in [2.75, 3.05) is 7.05 Å². The molecule has 1 aromatic heterocycles. The fourth-order valence-electron chi connectivity index (χ4n) is 3.78. The van der Waals surface area contributed by atoms with E-state index in [-0.39, 0.29) is 23.1 Å². The number of carbonyl (C=O) groups is 1. The zero-order valence-electron chi connectivity index (χ0n) is 16.8. The van der Waals surface area contributed by atoms with Crippen LogP contribution in [-0.2, 0) is 21.4 Å². The summed E-state index contributed by atoms with van der Waals surface area (Å²) in [5.41, 5.74) is 1.08. The second kappa shape index (κ2) is 8.83. The zero-order valence-corrected chi connectivity index (χ0v) is 18.4. The Morgan fingerprint density at radius 3 is 2.67 bits per heavy atom. The maximum Gasteiger partial charge on any atom is 0.338 e. The summed E-state index contributed by atoms with van der Waals surface area (Å²) in [4.78, 5) is 17.1. The molecular formula is C22H24N2O4S2. The van der Waals surface area contributed by atoms with E-state index >= 15 is 0 Å². The number of benzene rings is 2. The van der Waals surface area contributed by atoms with Crippen LogP contribution in [0.2, 0.25) is 0 Å². The Bertz CT molecular complexity index is 1120. The number of ether oxygens (including phenoxy) is 1. The van der Waals surface area contributed by atoms with Crippen molar-refractivity contribution >= 4 is 37.5 Å². The van der Waals surface area contributed by atoms with Crippen molar-refractivity contribution in [1.29, 1.82) is 0 Å². The quantitative estimate of drug-likeness (QED) is 0.519. The van der Waals surface area contributed by atoms with Crippen LogP contribution in [0, 0.1) is 0 Å². The fraction of sp³-hybridized carbons (Fsp3) is 0.364. The third-order valence-corrected chi connectivity index (χ3v) is 8.42.